The van der Waals surface area contributed by atoms with E-state index in [0.29, 0.717) is 35.2 Å². The smallest absolute Gasteiger partial charge is 0.271 e. The average Bonchev–Trinajstić information content (AvgIpc) is 2.84. The third kappa shape index (κ3) is 6.60. The van der Waals surface area contributed by atoms with Gasteiger partial charge in [0, 0.05) is 5.56 Å². The lowest BCUT2D eigenvalue weighted by Crippen LogP contribution is -2.17. The molecular formula is C25H24FIN2O5. The molecule has 178 valence electrons. The molecular weight excluding hydrogens is 554 g/mol. The second kappa shape index (κ2) is 12.2. The lowest BCUT2D eigenvalue weighted by molar-refractivity contribution is 0.0954. The molecule has 0 saturated carbocycles. The van der Waals surface area contributed by atoms with Crippen LogP contribution in [-0.4, -0.2) is 32.9 Å². The van der Waals surface area contributed by atoms with E-state index in [0.717, 1.165) is 14.7 Å². The van der Waals surface area contributed by atoms with E-state index in [1.54, 1.807) is 36.4 Å². The highest BCUT2D eigenvalue weighted by Crippen LogP contribution is 2.34. The van der Waals surface area contributed by atoms with Crippen LogP contribution in [0.15, 0.2) is 59.7 Å². The predicted octanol–water partition coefficient (Wildman–Crippen LogP) is 5.19. The number of carbonyl (C=O) groups is 1. The van der Waals surface area contributed by atoms with Crippen molar-refractivity contribution in [3.63, 3.8) is 0 Å². The highest BCUT2D eigenvalue weighted by atomic mass is 127. The molecule has 0 heterocycles. The molecule has 3 rings (SSSR count). The fraction of sp³-hybridized carbons (Fsp3) is 0.200. The molecule has 0 bridgehead atoms. The number of methoxy groups -OCH3 is 2. The topological polar surface area (TPSA) is 78.4 Å². The molecule has 0 fully saturated rings. The van der Waals surface area contributed by atoms with Crippen molar-refractivity contribution in [3.05, 3.63) is 80.7 Å². The zero-order valence-electron chi connectivity index (χ0n) is 18.9. The Morgan fingerprint density at radius 3 is 2.41 bits per heavy atom. The van der Waals surface area contributed by atoms with Gasteiger partial charge in [0.2, 0.25) is 0 Å². The van der Waals surface area contributed by atoms with Gasteiger partial charge in [0.25, 0.3) is 5.91 Å². The summed E-state index contributed by atoms with van der Waals surface area (Å²) in [6, 6.07) is 14.6. The molecule has 0 unspecified atom stereocenters. The maximum absolute atomic E-state index is 13.1. The first kappa shape index (κ1) is 25.3. The maximum atomic E-state index is 13.1. The fourth-order valence-corrected chi connectivity index (χ4v) is 3.79. The first-order valence-electron chi connectivity index (χ1n) is 10.3. The Balaban J connectivity index is 1.71. The van der Waals surface area contributed by atoms with Crippen LogP contribution in [0.5, 0.6) is 23.0 Å². The normalized spacial score (nSPS) is 10.7. The van der Waals surface area contributed by atoms with Gasteiger partial charge in [-0.3, -0.25) is 4.79 Å². The summed E-state index contributed by atoms with van der Waals surface area (Å²) < 4.78 is 36.0. The molecule has 7 nitrogen and oxygen atoms in total. The number of hydrazone groups is 1. The highest BCUT2D eigenvalue weighted by Gasteiger charge is 2.13. The summed E-state index contributed by atoms with van der Waals surface area (Å²) in [5, 5.41) is 4.06. The zero-order chi connectivity index (χ0) is 24.5. The number of hydrogen-bond donors (Lipinski definition) is 1. The summed E-state index contributed by atoms with van der Waals surface area (Å²) in [5.41, 5.74) is 4.43. The van der Waals surface area contributed by atoms with Crippen molar-refractivity contribution in [2.24, 2.45) is 5.10 Å². The van der Waals surface area contributed by atoms with E-state index in [1.807, 2.05) is 13.0 Å². The van der Waals surface area contributed by atoms with Crippen molar-refractivity contribution < 1.29 is 28.1 Å². The number of hydrogen-bond acceptors (Lipinski definition) is 6. The Morgan fingerprint density at radius 2 is 1.74 bits per heavy atom. The van der Waals surface area contributed by atoms with Gasteiger partial charge in [-0.25, -0.2) is 9.82 Å². The van der Waals surface area contributed by atoms with Crippen LogP contribution in [-0.2, 0) is 6.61 Å². The quantitative estimate of drug-likeness (QED) is 0.204. The average molecular weight is 578 g/mol. The van der Waals surface area contributed by atoms with Crippen LogP contribution in [0.4, 0.5) is 4.39 Å². The van der Waals surface area contributed by atoms with Crippen molar-refractivity contribution in [2.45, 2.75) is 13.5 Å². The van der Waals surface area contributed by atoms with Crippen molar-refractivity contribution in [1.82, 2.24) is 5.43 Å². The number of rotatable bonds is 10. The maximum Gasteiger partial charge on any atom is 0.271 e. The highest BCUT2D eigenvalue weighted by molar-refractivity contribution is 14.1. The molecule has 0 aliphatic rings. The van der Waals surface area contributed by atoms with Gasteiger partial charge in [-0.1, -0.05) is 12.1 Å². The Labute approximate surface area is 211 Å². The largest absolute Gasteiger partial charge is 0.493 e. The van der Waals surface area contributed by atoms with Gasteiger partial charge in [0.1, 0.15) is 12.4 Å². The van der Waals surface area contributed by atoms with Gasteiger partial charge >= 0.3 is 0 Å². The SMILES string of the molecule is CCOc1cc(/C=N/NC(=O)c2ccc(OC)c(OC)c2)cc(I)c1OCc1ccc(F)cc1. The molecule has 9 heteroatoms. The monoisotopic (exact) mass is 578 g/mol. The first-order valence-corrected chi connectivity index (χ1v) is 11.4. The minimum Gasteiger partial charge on any atom is -0.493 e. The number of halogens is 2. The van der Waals surface area contributed by atoms with Gasteiger partial charge < -0.3 is 18.9 Å². The molecule has 34 heavy (non-hydrogen) atoms. The number of ether oxygens (including phenoxy) is 4. The van der Waals surface area contributed by atoms with Crippen molar-refractivity contribution in [2.75, 3.05) is 20.8 Å². The molecule has 0 radical (unpaired) electrons. The van der Waals surface area contributed by atoms with E-state index >= 15 is 0 Å². The molecule has 0 atom stereocenters. The van der Waals surface area contributed by atoms with Gasteiger partial charge in [-0.15, -0.1) is 0 Å². The van der Waals surface area contributed by atoms with Crippen molar-refractivity contribution in [1.29, 1.82) is 0 Å². The van der Waals surface area contributed by atoms with E-state index in [2.05, 4.69) is 33.1 Å². The van der Waals surface area contributed by atoms with Crippen LogP contribution < -0.4 is 24.4 Å². The van der Waals surface area contributed by atoms with E-state index in [9.17, 15) is 9.18 Å². The zero-order valence-corrected chi connectivity index (χ0v) is 21.1. The molecule has 1 N–H and O–H groups in total. The van der Waals surface area contributed by atoms with Gasteiger partial charge in [0.05, 0.1) is 30.6 Å². The summed E-state index contributed by atoms with van der Waals surface area (Å²) in [5.74, 6) is 1.42. The molecule has 0 aromatic heterocycles. The molecule has 3 aromatic carbocycles. The molecule has 0 aliphatic heterocycles. The second-order valence-corrected chi connectivity index (χ2v) is 8.11. The minimum atomic E-state index is -0.392. The number of nitrogens with one attached hydrogen (secondary N) is 1. The minimum absolute atomic E-state index is 0.269. The van der Waals surface area contributed by atoms with Crippen LogP contribution in [0.2, 0.25) is 0 Å². The van der Waals surface area contributed by atoms with Crippen molar-refractivity contribution >= 4 is 34.7 Å². The van der Waals surface area contributed by atoms with Gasteiger partial charge in [-0.2, -0.15) is 5.10 Å². The fourth-order valence-electron chi connectivity index (χ4n) is 3.01. The number of carbonyl (C=O) groups excluding carboxylic acids is 1. The van der Waals surface area contributed by atoms with Gasteiger partial charge in [-0.05, 0) is 83.1 Å². The Bertz CT molecular complexity index is 1170. The number of benzene rings is 3. The lowest BCUT2D eigenvalue weighted by Gasteiger charge is -2.14. The summed E-state index contributed by atoms with van der Waals surface area (Å²) in [6.45, 7) is 2.59. The molecule has 3 aromatic rings. The molecule has 0 aliphatic carbocycles. The Kier molecular flexibility index (Phi) is 9.08. The molecule has 0 spiro atoms. The standard InChI is InChI=1S/C25H24FIN2O5/c1-4-33-23-12-17(11-20(27)24(23)34-15-16-5-8-19(26)9-6-16)14-28-29-25(30)18-7-10-21(31-2)22(13-18)32-3/h5-14H,4,15H2,1-3H3,(H,29,30)/b28-14+. The first-order chi connectivity index (χ1) is 16.4. The van der Waals surface area contributed by atoms with Crippen LogP contribution in [0.3, 0.4) is 0 Å². The van der Waals surface area contributed by atoms with Crippen LogP contribution >= 0.6 is 22.6 Å². The summed E-state index contributed by atoms with van der Waals surface area (Å²) in [7, 11) is 3.03. The summed E-state index contributed by atoms with van der Waals surface area (Å²) >= 11 is 2.15. The predicted molar refractivity (Wildman–Crippen MR) is 136 cm³/mol. The van der Waals surface area contributed by atoms with E-state index in [1.165, 1.54) is 32.6 Å². The number of nitrogens with zero attached hydrogens (tertiary/aromatic N) is 1. The van der Waals surface area contributed by atoms with E-state index < -0.39 is 5.91 Å². The van der Waals surface area contributed by atoms with Crippen molar-refractivity contribution in [3.8, 4) is 23.0 Å². The third-order valence-electron chi connectivity index (χ3n) is 4.65. The van der Waals surface area contributed by atoms with Crippen LogP contribution in [0.1, 0.15) is 28.4 Å². The Hall–Kier alpha value is -3.34. The van der Waals surface area contributed by atoms with Crippen LogP contribution in [0, 0.1) is 9.39 Å². The molecule has 0 saturated heterocycles. The van der Waals surface area contributed by atoms with E-state index in [-0.39, 0.29) is 12.4 Å². The summed E-state index contributed by atoms with van der Waals surface area (Å²) in [4.78, 5) is 12.4. The number of amides is 1. The van der Waals surface area contributed by atoms with Gasteiger partial charge in [0.15, 0.2) is 23.0 Å². The second-order valence-electron chi connectivity index (χ2n) is 6.95. The van der Waals surface area contributed by atoms with Crippen LogP contribution in [0.25, 0.3) is 0 Å². The summed E-state index contributed by atoms with van der Waals surface area (Å²) in [6.07, 6.45) is 1.52. The Morgan fingerprint density at radius 1 is 1.00 bits per heavy atom. The van der Waals surface area contributed by atoms with E-state index in [4.69, 9.17) is 18.9 Å². The third-order valence-corrected chi connectivity index (χ3v) is 5.45. The lowest BCUT2D eigenvalue weighted by atomic mass is 10.2. The molecule has 1 amide bonds.